The van der Waals surface area contributed by atoms with Gasteiger partial charge in [-0.3, -0.25) is 4.79 Å². The van der Waals surface area contributed by atoms with Gasteiger partial charge < -0.3 is 11.5 Å². The van der Waals surface area contributed by atoms with Gasteiger partial charge in [0.05, 0.1) is 23.0 Å². The summed E-state index contributed by atoms with van der Waals surface area (Å²) >= 11 is 5.91. The average molecular weight is 287 g/mol. The molecule has 0 aliphatic carbocycles. The molecule has 5 nitrogen and oxygen atoms in total. The lowest BCUT2D eigenvalue weighted by molar-refractivity contribution is 0.1000. The number of primary amides is 1. The lowest BCUT2D eigenvalue weighted by Gasteiger charge is -2.09. The van der Waals surface area contributed by atoms with E-state index in [9.17, 15) is 4.79 Å². The monoisotopic (exact) mass is 286 g/mol. The van der Waals surface area contributed by atoms with Crippen molar-refractivity contribution >= 4 is 34.1 Å². The number of hydrogen-bond donors (Lipinski definition) is 2. The van der Waals surface area contributed by atoms with Crippen LogP contribution in [0.3, 0.4) is 0 Å². The van der Waals surface area contributed by atoms with E-state index >= 15 is 0 Å². The summed E-state index contributed by atoms with van der Waals surface area (Å²) in [5.74, 6) is -0.560. The van der Waals surface area contributed by atoms with Crippen LogP contribution in [-0.4, -0.2) is 15.7 Å². The first kappa shape index (κ1) is 12.5. The second kappa shape index (κ2) is 4.54. The van der Waals surface area contributed by atoms with Crippen molar-refractivity contribution in [3.05, 3.63) is 53.2 Å². The van der Waals surface area contributed by atoms with Crippen LogP contribution in [0.5, 0.6) is 0 Å². The van der Waals surface area contributed by atoms with Crippen molar-refractivity contribution in [3.8, 4) is 5.69 Å². The fourth-order valence-electron chi connectivity index (χ4n) is 2.12. The van der Waals surface area contributed by atoms with Gasteiger partial charge >= 0.3 is 0 Å². The molecule has 0 saturated carbocycles. The van der Waals surface area contributed by atoms with Gasteiger partial charge in [0.25, 0.3) is 5.91 Å². The van der Waals surface area contributed by atoms with Gasteiger partial charge in [-0.2, -0.15) is 5.10 Å². The van der Waals surface area contributed by atoms with Crippen molar-refractivity contribution in [2.45, 2.75) is 0 Å². The number of nitrogens with two attached hydrogens (primary N) is 2. The third kappa shape index (κ3) is 1.98. The first-order chi connectivity index (χ1) is 9.56. The molecule has 0 spiro atoms. The summed E-state index contributed by atoms with van der Waals surface area (Å²) in [5, 5.41) is 5.65. The van der Waals surface area contributed by atoms with Gasteiger partial charge in [0.15, 0.2) is 0 Å². The molecule has 1 heterocycles. The molecule has 3 aromatic rings. The zero-order valence-corrected chi connectivity index (χ0v) is 11.1. The number of nitrogen functional groups attached to an aromatic ring is 1. The van der Waals surface area contributed by atoms with Gasteiger partial charge in [-0.25, -0.2) is 4.68 Å². The molecule has 1 amide bonds. The summed E-state index contributed by atoms with van der Waals surface area (Å²) in [6.45, 7) is 0. The van der Waals surface area contributed by atoms with E-state index in [1.807, 2.05) is 6.07 Å². The summed E-state index contributed by atoms with van der Waals surface area (Å²) in [6.07, 6.45) is 1.70. The molecular formula is C14H11ClN4O. The molecule has 100 valence electrons. The molecule has 0 bridgehead atoms. The van der Waals surface area contributed by atoms with E-state index in [1.54, 1.807) is 35.1 Å². The standard InChI is InChI=1S/C14H11ClN4O/c15-9-2-4-12(11(5-9)14(17)20)19-13-6-10(16)3-1-8(13)7-18-19/h1-7H,16H2,(H2,17,20). The molecule has 0 aliphatic heterocycles. The van der Waals surface area contributed by atoms with Gasteiger partial charge in [0.2, 0.25) is 0 Å². The van der Waals surface area contributed by atoms with E-state index in [2.05, 4.69) is 5.10 Å². The van der Waals surface area contributed by atoms with Gasteiger partial charge in [0.1, 0.15) is 0 Å². The lowest BCUT2D eigenvalue weighted by atomic mass is 10.1. The van der Waals surface area contributed by atoms with Crippen LogP contribution in [0.1, 0.15) is 10.4 Å². The number of amides is 1. The molecule has 0 saturated heterocycles. The topological polar surface area (TPSA) is 86.9 Å². The number of aromatic nitrogens is 2. The van der Waals surface area contributed by atoms with Gasteiger partial charge in [0, 0.05) is 16.1 Å². The van der Waals surface area contributed by atoms with E-state index in [0.717, 1.165) is 10.9 Å². The molecule has 3 rings (SSSR count). The van der Waals surface area contributed by atoms with E-state index in [4.69, 9.17) is 23.1 Å². The number of carbonyl (C=O) groups excluding carboxylic acids is 1. The highest BCUT2D eigenvalue weighted by atomic mass is 35.5. The normalized spacial score (nSPS) is 10.8. The first-order valence-electron chi connectivity index (χ1n) is 5.89. The number of carbonyl (C=O) groups is 1. The maximum absolute atomic E-state index is 11.6. The molecule has 0 aliphatic rings. The average Bonchev–Trinajstić information content (AvgIpc) is 2.81. The van der Waals surface area contributed by atoms with E-state index < -0.39 is 5.91 Å². The van der Waals surface area contributed by atoms with E-state index in [0.29, 0.717) is 22.0 Å². The van der Waals surface area contributed by atoms with Gasteiger partial charge in [-0.15, -0.1) is 0 Å². The Hall–Kier alpha value is -2.53. The quantitative estimate of drug-likeness (QED) is 0.709. The molecule has 4 N–H and O–H groups in total. The highest BCUT2D eigenvalue weighted by Gasteiger charge is 2.13. The number of halogens is 1. The number of benzene rings is 2. The summed E-state index contributed by atoms with van der Waals surface area (Å²) in [6, 6.07) is 10.4. The Bertz CT molecular complexity index is 825. The fraction of sp³-hybridized carbons (Fsp3) is 0. The lowest BCUT2D eigenvalue weighted by Crippen LogP contribution is -2.15. The maximum Gasteiger partial charge on any atom is 0.250 e. The Kier molecular flexibility index (Phi) is 2.84. The van der Waals surface area contributed by atoms with Crippen LogP contribution in [0.25, 0.3) is 16.6 Å². The van der Waals surface area contributed by atoms with Crippen LogP contribution in [0, 0.1) is 0 Å². The Morgan fingerprint density at radius 2 is 2.00 bits per heavy atom. The highest BCUT2D eigenvalue weighted by molar-refractivity contribution is 6.31. The molecular weight excluding hydrogens is 276 g/mol. The SMILES string of the molecule is NC(=O)c1cc(Cl)ccc1-n1ncc2ccc(N)cc21. The number of hydrogen-bond acceptors (Lipinski definition) is 3. The first-order valence-corrected chi connectivity index (χ1v) is 6.27. The molecule has 2 aromatic carbocycles. The minimum Gasteiger partial charge on any atom is -0.399 e. The maximum atomic E-state index is 11.6. The van der Waals surface area contributed by atoms with Crippen molar-refractivity contribution in [2.75, 3.05) is 5.73 Å². The number of anilines is 1. The van der Waals surface area contributed by atoms with Crippen molar-refractivity contribution in [3.63, 3.8) is 0 Å². The minimum atomic E-state index is -0.560. The van der Waals surface area contributed by atoms with Crippen LogP contribution in [0.4, 0.5) is 5.69 Å². The molecule has 0 atom stereocenters. The molecule has 0 radical (unpaired) electrons. The smallest absolute Gasteiger partial charge is 0.250 e. The van der Waals surface area contributed by atoms with Crippen LogP contribution in [-0.2, 0) is 0 Å². The molecule has 0 unspecified atom stereocenters. The molecule has 20 heavy (non-hydrogen) atoms. The number of rotatable bonds is 2. The minimum absolute atomic E-state index is 0.310. The zero-order valence-electron chi connectivity index (χ0n) is 10.4. The molecule has 0 fully saturated rings. The molecule has 1 aromatic heterocycles. The Morgan fingerprint density at radius 1 is 1.20 bits per heavy atom. The van der Waals surface area contributed by atoms with Crippen LogP contribution >= 0.6 is 11.6 Å². The zero-order chi connectivity index (χ0) is 14.3. The summed E-state index contributed by atoms with van der Waals surface area (Å²) in [7, 11) is 0. The second-order valence-corrected chi connectivity index (χ2v) is 4.84. The largest absolute Gasteiger partial charge is 0.399 e. The summed E-state index contributed by atoms with van der Waals surface area (Å²) < 4.78 is 1.63. The van der Waals surface area contributed by atoms with Crippen LogP contribution in [0.2, 0.25) is 5.02 Å². The van der Waals surface area contributed by atoms with Crippen LogP contribution in [0.15, 0.2) is 42.6 Å². The number of nitrogens with zero attached hydrogens (tertiary/aromatic N) is 2. The third-order valence-electron chi connectivity index (χ3n) is 3.05. The third-order valence-corrected chi connectivity index (χ3v) is 3.28. The van der Waals surface area contributed by atoms with Gasteiger partial charge in [-0.05, 0) is 36.4 Å². The Balaban J connectivity index is 2.31. The number of fused-ring (bicyclic) bond motifs is 1. The molecule has 6 heteroatoms. The van der Waals surface area contributed by atoms with E-state index in [-0.39, 0.29) is 0 Å². The van der Waals surface area contributed by atoms with Crippen molar-refractivity contribution < 1.29 is 4.79 Å². The van der Waals surface area contributed by atoms with Gasteiger partial charge in [-0.1, -0.05) is 11.6 Å². The second-order valence-electron chi connectivity index (χ2n) is 4.40. The predicted molar refractivity (Wildman–Crippen MR) is 79.0 cm³/mol. The Morgan fingerprint density at radius 3 is 2.75 bits per heavy atom. The van der Waals surface area contributed by atoms with Crippen molar-refractivity contribution in [1.82, 2.24) is 9.78 Å². The highest BCUT2D eigenvalue weighted by Crippen LogP contribution is 2.24. The summed E-state index contributed by atoms with van der Waals surface area (Å²) in [4.78, 5) is 11.6. The van der Waals surface area contributed by atoms with Crippen molar-refractivity contribution in [1.29, 1.82) is 0 Å². The van der Waals surface area contributed by atoms with E-state index in [1.165, 1.54) is 6.07 Å². The van der Waals surface area contributed by atoms with Crippen LogP contribution < -0.4 is 11.5 Å². The summed E-state index contributed by atoms with van der Waals surface area (Å²) in [5.41, 5.74) is 13.5. The fourth-order valence-corrected chi connectivity index (χ4v) is 2.29. The Labute approximate surface area is 119 Å². The van der Waals surface area contributed by atoms with Crippen molar-refractivity contribution in [2.24, 2.45) is 5.73 Å². The predicted octanol–water partition coefficient (Wildman–Crippen LogP) is 2.36.